The van der Waals surface area contributed by atoms with Gasteiger partial charge in [0.2, 0.25) is 15.9 Å². The molecule has 0 heterocycles. The van der Waals surface area contributed by atoms with E-state index < -0.39 is 22.0 Å². The van der Waals surface area contributed by atoms with E-state index >= 15 is 0 Å². The molecule has 1 amide bonds. The number of carbonyl (C=O) groups excluding carboxylic acids is 1. The highest BCUT2D eigenvalue weighted by Gasteiger charge is 2.19. The largest absolute Gasteiger partial charge is 0.368 e. The van der Waals surface area contributed by atoms with E-state index in [1.807, 2.05) is 31.2 Å². The van der Waals surface area contributed by atoms with Crippen molar-refractivity contribution in [3.8, 4) is 0 Å². The monoisotopic (exact) mass is 361 g/mol. The van der Waals surface area contributed by atoms with Crippen LogP contribution in [0.25, 0.3) is 0 Å². The Bertz CT molecular complexity index is 836. The Morgan fingerprint density at radius 2 is 1.76 bits per heavy atom. The minimum Gasteiger partial charge on any atom is -0.368 e. The van der Waals surface area contributed by atoms with E-state index in [0.29, 0.717) is 5.56 Å². The second kappa shape index (κ2) is 8.24. The summed E-state index contributed by atoms with van der Waals surface area (Å²) in [5, 5.41) is 2.98. The van der Waals surface area contributed by atoms with Crippen molar-refractivity contribution in [3.63, 3.8) is 0 Å². The van der Waals surface area contributed by atoms with Crippen LogP contribution in [0.3, 0.4) is 0 Å². The summed E-state index contributed by atoms with van der Waals surface area (Å²) in [6, 6.07) is 13.7. The molecule has 0 radical (unpaired) electrons. The van der Waals surface area contributed by atoms with Gasteiger partial charge in [0.25, 0.3) is 0 Å². The van der Waals surface area contributed by atoms with Crippen LogP contribution < -0.4 is 15.8 Å². The first-order valence-corrected chi connectivity index (χ1v) is 9.44. The fourth-order valence-electron chi connectivity index (χ4n) is 2.50. The first-order valence-electron chi connectivity index (χ1n) is 7.96. The van der Waals surface area contributed by atoms with Crippen molar-refractivity contribution in [2.75, 3.05) is 13.1 Å². The first-order chi connectivity index (χ1) is 11.8. The Morgan fingerprint density at radius 3 is 2.40 bits per heavy atom. The molecule has 0 fully saturated rings. The number of aryl methyl sites for hydroxylation is 2. The van der Waals surface area contributed by atoms with Crippen LogP contribution in [0.4, 0.5) is 0 Å². The predicted octanol–water partition coefficient (Wildman–Crippen LogP) is 1.40. The van der Waals surface area contributed by atoms with Gasteiger partial charge in [-0.2, -0.15) is 0 Å². The minimum absolute atomic E-state index is 0.145. The first kappa shape index (κ1) is 19.1. The maximum atomic E-state index is 12.4. The number of nitrogens with two attached hydrogens (primary N) is 1. The molecule has 1 atom stereocenters. The summed E-state index contributed by atoms with van der Waals surface area (Å²) in [6.07, 6.45) is 0. The molecular formula is C18H23N3O3S. The maximum Gasteiger partial charge on any atom is 0.240 e. The smallest absolute Gasteiger partial charge is 0.240 e. The summed E-state index contributed by atoms with van der Waals surface area (Å²) in [6.45, 7) is 4.01. The zero-order valence-corrected chi connectivity index (χ0v) is 15.1. The van der Waals surface area contributed by atoms with Crippen LogP contribution in [0.5, 0.6) is 0 Å². The zero-order valence-electron chi connectivity index (χ0n) is 14.3. The lowest BCUT2D eigenvalue weighted by molar-refractivity contribution is -0.120. The summed E-state index contributed by atoms with van der Waals surface area (Å²) in [5.74, 6) is -0.511. The van der Waals surface area contributed by atoms with Crippen LogP contribution in [-0.4, -0.2) is 27.4 Å². The van der Waals surface area contributed by atoms with Crippen LogP contribution in [0, 0.1) is 13.8 Å². The van der Waals surface area contributed by atoms with Crippen molar-refractivity contribution in [3.05, 3.63) is 65.2 Å². The summed E-state index contributed by atoms with van der Waals surface area (Å²) < 4.78 is 27.4. The SMILES string of the molecule is Cc1ccc(C)c(S(=O)(=O)NCCN[C@@H](C(N)=O)c2ccccc2)c1. The third kappa shape index (κ3) is 5.12. The van der Waals surface area contributed by atoms with Gasteiger partial charge in [-0.3, -0.25) is 4.79 Å². The maximum absolute atomic E-state index is 12.4. The number of carbonyl (C=O) groups is 1. The molecule has 2 aromatic rings. The number of hydrogen-bond donors (Lipinski definition) is 3. The van der Waals surface area contributed by atoms with Gasteiger partial charge < -0.3 is 11.1 Å². The lowest BCUT2D eigenvalue weighted by Gasteiger charge is -2.16. The molecule has 4 N–H and O–H groups in total. The Hall–Kier alpha value is -2.22. The summed E-state index contributed by atoms with van der Waals surface area (Å²) in [4.78, 5) is 11.9. The topological polar surface area (TPSA) is 101 Å². The third-order valence-corrected chi connectivity index (χ3v) is 5.42. The Kier molecular flexibility index (Phi) is 6.30. The molecule has 2 rings (SSSR count). The molecule has 2 aromatic carbocycles. The van der Waals surface area contributed by atoms with Gasteiger partial charge in [-0.1, -0.05) is 42.5 Å². The van der Waals surface area contributed by atoms with Gasteiger partial charge >= 0.3 is 0 Å². The lowest BCUT2D eigenvalue weighted by atomic mass is 10.1. The number of sulfonamides is 1. The van der Waals surface area contributed by atoms with Crippen LogP contribution in [0.2, 0.25) is 0 Å². The average molecular weight is 361 g/mol. The normalized spacial score (nSPS) is 12.7. The van der Waals surface area contributed by atoms with E-state index in [2.05, 4.69) is 10.0 Å². The molecular weight excluding hydrogens is 338 g/mol. The van der Waals surface area contributed by atoms with Crippen LogP contribution >= 0.6 is 0 Å². The van der Waals surface area contributed by atoms with Gasteiger partial charge in [0.15, 0.2) is 0 Å². The van der Waals surface area contributed by atoms with Gasteiger partial charge in [-0.15, -0.1) is 0 Å². The van der Waals surface area contributed by atoms with E-state index in [-0.39, 0.29) is 18.0 Å². The highest BCUT2D eigenvalue weighted by atomic mass is 32.2. The van der Waals surface area contributed by atoms with Crippen LogP contribution in [-0.2, 0) is 14.8 Å². The molecule has 134 valence electrons. The highest BCUT2D eigenvalue weighted by molar-refractivity contribution is 7.89. The second-order valence-electron chi connectivity index (χ2n) is 5.87. The van der Waals surface area contributed by atoms with E-state index in [4.69, 9.17) is 5.73 Å². The van der Waals surface area contributed by atoms with Gasteiger partial charge in [-0.25, -0.2) is 13.1 Å². The molecule has 6 nitrogen and oxygen atoms in total. The Balaban J connectivity index is 1.97. The predicted molar refractivity (Wildman–Crippen MR) is 97.5 cm³/mol. The van der Waals surface area contributed by atoms with Crippen molar-refractivity contribution in [1.82, 2.24) is 10.0 Å². The van der Waals surface area contributed by atoms with Crippen molar-refractivity contribution < 1.29 is 13.2 Å². The number of hydrogen-bond acceptors (Lipinski definition) is 4. The van der Waals surface area contributed by atoms with Gasteiger partial charge in [0.05, 0.1) is 4.90 Å². The fourth-order valence-corrected chi connectivity index (χ4v) is 3.86. The van der Waals surface area contributed by atoms with Gasteiger partial charge in [0.1, 0.15) is 6.04 Å². The molecule has 0 aliphatic rings. The van der Waals surface area contributed by atoms with Crippen LogP contribution in [0.15, 0.2) is 53.4 Å². The van der Waals surface area contributed by atoms with Crippen LogP contribution in [0.1, 0.15) is 22.7 Å². The van der Waals surface area contributed by atoms with E-state index in [1.54, 1.807) is 31.2 Å². The van der Waals surface area contributed by atoms with E-state index in [9.17, 15) is 13.2 Å². The van der Waals surface area contributed by atoms with Gasteiger partial charge in [0, 0.05) is 13.1 Å². The van der Waals surface area contributed by atoms with Crippen molar-refractivity contribution in [2.45, 2.75) is 24.8 Å². The lowest BCUT2D eigenvalue weighted by Crippen LogP contribution is -2.38. The molecule has 0 aliphatic carbocycles. The number of benzene rings is 2. The average Bonchev–Trinajstić information content (AvgIpc) is 2.57. The third-order valence-electron chi connectivity index (χ3n) is 3.82. The Labute approximate surface area is 148 Å². The zero-order chi connectivity index (χ0) is 18.4. The minimum atomic E-state index is -3.60. The second-order valence-corrected chi connectivity index (χ2v) is 7.60. The van der Waals surface area contributed by atoms with Crippen molar-refractivity contribution in [2.24, 2.45) is 5.73 Å². The number of amides is 1. The molecule has 0 aliphatic heterocycles. The number of rotatable bonds is 8. The van der Waals surface area contributed by atoms with Crippen molar-refractivity contribution >= 4 is 15.9 Å². The quantitative estimate of drug-likeness (QED) is 0.619. The fraction of sp³-hybridized carbons (Fsp3) is 0.278. The molecule has 25 heavy (non-hydrogen) atoms. The molecule has 0 bridgehead atoms. The summed E-state index contributed by atoms with van der Waals surface area (Å²) in [5.41, 5.74) is 7.73. The standard InChI is InChI=1S/C18H23N3O3S/c1-13-8-9-14(2)16(12-13)25(23,24)21-11-10-20-17(18(19)22)15-6-4-3-5-7-15/h3-9,12,17,20-21H,10-11H2,1-2H3,(H2,19,22)/t17-/m1/s1. The van der Waals surface area contributed by atoms with Gasteiger partial charge in [-0.05, 0) is 36.6 Å². The van der Waals surface area contributed by atoms with Crippen molar-refractivity contribution in [1.29, 1.82) is 0 Å². The number of primary amides is 1. The van der Waals surface area contributed by atoms with E-state index in [0.717, 1.165) is 11.1 Å². The molecule has 0 saturated heterocycles. The molecule has 7 heteroatoms. The van der Waals surface area contributed by atoms with E-state index in [1.165, 1.54) is 0 Å². The molecule has 0 saturated carbocycles. The summed E-state index contributed by atoms with van der Waals surface area (Å²) in [7, 11) is -3.60. The highest BCUT2D eigenvalue weighted by Crippen LogP contribution is 2.16. The molecule has 0 unspecified atom stereocenters. The Morgan fingerprint density at radius 1 is 1.08 bits per heavy atom. The number of nitrogens with one attached hydrogen (secondary N) is 2. The molecule has 0 spiro atoms. The molecule has 0 aromatic heterocycles. The summed E-state index contributed by atoms with van der Waals surface area (Å²) >= 11 is 0.